The maximum Gasteiger partial charge on any atom is 0.178 e. The Morgan fingerprint density at radius 1 is 0.406 bits per heavy atom. The Balaban J connectivity index is 0.000000157. The minimum absolute atomic E-state index is 0.0538. The lowest BCUT2D eigenvalue weighted by Gasteiger charge is -2.13. The molecule has 23 heteroatoms. The smallest absolute Gasteiger partial charge is 0.178 e. The van der Waals surface area contributed by atoms with Crippen LogP contribution in [0.1, 0.15) is 45.6 Å². The van der Waals surface area contributed by atoms with Gasteiger partial charge in [0, 0.05) is 70.5 Å². The molecule has 6 heterocycles. The van der Waals surface area contributed by atoms with Crippen molar-refractivity contribution in [1.82, 2.24) is 44.6 Å². The van der Waals surface area contributed by atoms with Gasteiger partial charge in [0.1, 0.15) is 34.2 Å². The summed E-state index contributed by atoms with van der Waals surface area (Å²) < 4.78 is 93.1. The summed E-state index contributed by atoms with van der Waals surface area (Å²) in [5.74, 6) is 2.41. The molecule has 96 heavy (non-hydrogen) atoms. The number of aryl methyl sites for hydroxylation is 1. The van der Waals surface area contributed by atoms with Crippen molar-refractivity contribution in [2.24, 2.45) is 0 Å². The number of pyridine rings is 3. The first-order valence-corrected chi connectivity index (χ1v) is 37.5. The fraction of sp³-hybridized carbons (Fsp3) is 0.301. The highest BCUT2D eigenvalue weighted by molar-refractivity contribution is 7.92. The third kappa shape index (κ3) is 16.1. The van der Waals surface area contributed by atoms with Gasteiger partial charge >= 0.3 is 0 Å². The molecule has 6 aromatic carbocycles. The molecule has 12 rings (SSSR count). The van der Waals surface area contributed by atoms with Crippen molar-refractivity contribution in [2.45, 2.75) is 61.6 Å². The third-order valence-electron chi connectivity index (χ3n) is 16.4. The Hall–Kier alpha value is -8.12. The number of H-pyrrole nitrogens is 3. The van der Waals surface area contributed by atoms with Crippen LogP contribution in [0.4, 0.5) is 0 Å². The minimum atomic E-state index is -3.32. The summed E-state index contributed by atoms with van der Waals surface area (Å²) >= 11 is 12.5. The van der Waals surface area contributed by atoms with Crippen molar-refractivity contribution in [3.05, 3.63) is 162 Å². The van der Waals surface area contributed by atoms with Crippen LogP contribution in [0.25, 0.3) is 99.2 Å². The van der Waals surface area contributed by atoms with Gasteiger partial charge in [0.15, 0.2) is 29.5 Å². The van der Waals surface area contributed by atoms with E-state index in [1.54, 1.807) is 87.8 Å². The number of sulfone groups is 3. The second kappa shape index (κ2) is 30.5. The molecule has 504 valence electrons. The summed E-state index contributed by atoms with van der Waals surface area (Å²) in [4.78, 5) is 30.9. The molecule has 0 fully saturated rings. The van der Waals surface area contributed by atoms with Gasteiger partial charge < -0.3 is 43.9 Å². The first-order valence-electron chi connectivity index (χ1n) is 31.8. The van der Waals surface area contributed by atoms with Crippen molar-refractivity contribution in [3.63, 3.8) is 0 Å². The quantitative estimate of drug-likeness (QED) is 0.0478. The lowest BCUT2D eigenvalue weighted by molar-refractivity contribution is 0.284. The molecule has 0 saturated carbocycles. The lowest BCUT2D eigenvalue weighted by Crippen LogP contribution is -2.15. The average molecular weight is 1400 g/mol. The van der Waals surface area contributed by atoms with Gasteiger partial charge in [0.05, 0.1) is 78.4 Å². The van der Waals surface area contributed by atoms with Crippen LogP contribution < -0.4 is 14.2 Å². The highest BCUT2D eigenvalue weighted by Crippen LogP contribution is 2.43. The first-order chi connectivity index (χ1) is 45.9. The molecule has 18 nitrogen and oxygen atoms in total. The molecule has 0 radical (unpaired) electrons. The molecule has 0 unspecified atom stereocenters. The maximum atomic E-state index is 12.5. The Labute approximate surface area is 571 Å². The molecule has 0 aliphatic heterocycles. The van der Waals surface area contributed by atoms with Crippen LogP contribution >= 0.6 is 23.2 Å². The number of aromatic amines is 3. The van der Waals surface area contributed by atoms with Crippen LogP contribution in [-0.4, -0.2) is 169 Å². The molecule has 0 amide bonds. The molecule has 0 spiro atoms. The maximum absolute atomic E-state index is 12.5. The van der Waals surface area contributed by atoms with E-state index in [2.05, 4.69) is 50.7 Å². The highest BCUT2D eigenvalue weighted by Gasteiger charge is 2.23. The fourth-order valence-corrected chi connectivity index (χ4v) is 14.6. The number of halogens is 2. The van der Waals surface area contributed by atoms with Crippen LogP contribution in [0.3, 0.4) is 0 Å². The van der Waals surface area contributed by atoms with Gasteiger partial charge in [-0.1, -0.05) is 80.4 Å². The van der Waals surface area contributed by atoms with Crippen LogP contribution in [0.15, 0.2) is 161 Å². The van der Waals surface area contributed by atoms with E-state index in [1.807, 2.05) is 122 Å². The van der Waals surface area contributed by atoms with E-state index >= 15 is 0 Å². The topological polar surface area (TPSA) is 226 Å². The Kier molecular flexibility index (Phi) is 22.5. The fourth-order valence-electron chi connectivity index (χ4n) is 11.5. The third-order valence-corrected chi connectivity index (χ3v) is 22.1. The summed E-state index contributed by atoms with van der Waals surface area (Å²) in [6, 6.07) is 38.8. The van der Waals surface area contributed by atoms with E-state index in [4.69, 9.17) is 37.4 Å². The standard InChI is InChI=1S/C25H29N3O3S.2C24H26ClN3O3S/c1-5-32(29,30)19-9-6-8-18(15-19)20-10-11-22(31-13-7-12-28(3)4)24-23(20)21-14-17(2)16-26-25(21)27-24;2*1-4-32(29,30)18-8-5-7-16(13-18)19-9-10-21(31-12-6-11-28(2)3)23-22(19)20-14-17(25)15-26-24(20)27-23/h6,8-11,14-16H,5,7,12-13H2,1-4H3,(H,26,27);2*5,7-10,13-15H,4,6,11-12H2,1-3H3,(H,26,27). The number of rotatable bonds is 24. The molecule has 3 N–H and O–H groups in total. The zero-order valence-corrected chi connectivity index (χ0v) is 59.6. The molecular formula is C73H81Cl2N9O9S3. The van der Waals surface area contributed by atoms with Gasteiger partial charge in [0.25, 0.3) is 0 Å². The van der Waals surface area contributed by atoms with E-state index in [0.29, 0.717) is 55.8 Å². The SMILES string of the molecule is CCS(=O)(=O)c1cccc(-c2ccc(OCCCN(C)C)c3[nH]c4ncc(C)cc4c23)c1.CCS(=O)(=O)c1cccc(-c2ccc(OCCCN(C)C)c3[nH]c4ncc(Cl)cc4c23)c1.CCS(=O)(=O)c1cccc(-c2ccc(OCCCN(C)C)c3[nH]c4ncc(Cl)cc4c23)c1. The normalized spacial score (nSPS) is 12.2. The monoisotopic (exact) mass is 1390 g/mol. The molecule has 0 bridgehead atoms. The number of aromatic nitrogens is 6. The number of nitrogens with one attached hydrogen (secondary N) is 3. The van der Waals surface area contributed by atoms with Gasteiger partial charge in [-0.2, -0.15) is 0 Å². The predicted octanol–water partition coefficient (Wildman–Crippen LogP) is 15.1. The molecule has 0 atom stereocenters. The molecule has 0 saturated heterocycles. The highest BCUT2D eigenvalue weighted by atomic mass is 35.5. The lowest BCUT2D eigenvalue weighted by atomic mass is 9.99. The molecule has 12 aromatic rings. The van der Waals surface area contributed by atoms with Crippen LogP contribution in [0, 0.1) is 6.92 Å². The molecular weight excluding hydrogens is 1310 g/mol. The number of nitrogens with zero attached hydrogens (tertiary/aromatic N) is 6. The van der Waals surface area contributed by atoms with Gasteiger partial charge in [-0.05, 0) is 198 Å². The predicted molar refractivity (Wildman–Crippen MR) is 391 cm³/mol. The van der Waals surface area contributed by atoms with E-state index in [0.717, 1.165) is 150 Å². The van der Waals surface area contributed by atoms with E-state index in [1.165, 1.54) is 0 Å². The zero-order chi connectivity index (χ0) is 68.6. The number of hydrogen-bond donors (Lipinski definition) is 3. The van der Waals surface area contributed by atoms with E-state index < -0.39 is 29.5 Å². The summed E-state index contributed by atoms with van der Waals surface area (Å²) in [6.45, 7) is 11.6. The van der Waals surface area contributed by atoms with Crippen molar-refractivity contribution >= 4 is 119 Å². The van der Waals surface area contributed by atoms with Gasteiger partial charge in [0.2, 0.25) is 0 Å². The Morgan fingerprint density at radius 3 is 1.01 bits per heavy atom. The average Bonchev–Trinajstić information content (AvgIpc) is 1.57. The van der Waals surface area contributed by atoms with Crippen molar-refractivity contribution in [3.8, 4) is 50.6 Å². The van der Waals surface area contributed by atoms with Gasteiger partial charge in [-0.25, -0.2) is 40.2 Å². The zero-order valence-electron chi connectivity index (χ0n) is 55.7. The molecule has 6 aromatic heterocycles. The second-order valence-corrected chi connectivity index (χ2v) is 32.0. The number of hydrogen-bond acceptors (Lipinski definition) is 15. The van der Waals surface area contributed by atoms with E-state index in [-0.39, 0.29) is 17.3 Å². The Morgan fingerprint density at radius 2 is 0.708 bits per heavy atom. The minimum Gasteiger partial charge on any atom is -0.491 e. The summed E-state index contributed by atoms with van der Waals surface area (Å²) in [6.07, 6.45) is 7.76. The number of benzene rings is 6. The van der Waals surface area contributed by atoms with Crippen molar-refractivity contribution < 1.29 is 39.5 Å². The van der Waals surface area contributed by atoms with E-state index in [9.17, 15) is 25.3 Å². The largest absolute Gasteiger partial charge is 0.491 e. The summed E-state index contributed by atoms with van der Waals surface area (Å²) in [7, 11) is 2.30. The van der Waals surface area contributed by atoms with Crippen LogP contribution in [0.5, 0.6) is 17.2 Å². The van der Waals surface area contributed by atoms with Crippen LogP contribution in [-0.2, 0) is 29.5 Å². The van der Waals surface area contributed by atoms with Crippen molar-refractivity contribution in [2.75, 3.05) is 99.0 Å². The molecule has 0 aliphatic rings. The molecule has 0 aliphatic carbocycles. The first kappa shape index (κ1) is 70.7. The Bertz CT molecular complexity index is 4640. The summed E-state index contributed by atoms with van der Waals surface area (Å²) in [5.41, 5.74) is 11.0. The summed E-state index contributed by atoms with van der Waals surface area (Å²) in [5, 5.41) is 6.60. The van der Waals surface area contributed by atoms with Crippen LogP contribution in [0.2, 0.25) is 10.0 Å². The van der Waals surface area contributed by atoms with Crippen molar-refractivity contribution in [1.29, 1.82) is 0 Å². The van der Waals surface area contributed by atoms with Gasteiger partial charge in [-0.15, -0.1) is 0 Å². The number of ether oxygens (including phenoxy) is 3. The second-order valence-electron chi connectivity index (χ2n) is 24.3. The van der Waals surface area contributed by atoms with Gasteiger partial charge in [-0.3, -0.25) is 0 Å². The number of fused-ring (bicyclic) bond motifs is 9.